The Balaban J connectivity index is 0. The Morgan fingerprint density at radius 2 is 1.00 bits per heavy atom. The molecule has 0 spiro atoms. The van der Waals surface area contributed by atoms with E-state index in [1.807, 2.05) is 0 Å². The summed E-state index contributed by atoms with van der Waals surface area (Å²) in [6.07, 6.45) is 0. The van der Waals surface area contributed by atoms with Gasteiger partial charge in [-0.15, -0.1) is 0 Å². The van der Waals surface area contributed by atoms with E-state index < -0.39 is 0 Å². The van der Waals surface area contributed by atoms with E-state index in [1.54, 1.807) is 0 Å². The average molecular weight is 74.1 g/mol. The van der Waals surface area contributed by atoms with Crippen molar-refractivity contribution in [3.05, 3.63) is 7.43 Å². The van der Waals surface area contributed by atoms with Crippen LogP contribution in [0, 0.1) is 7.43 Å². The average Bonchev–Trinajstić information content (AvgIpc) is 0. The molecular weight excluding hydrogens is 74.1 g/mol. The SMILES string of the molecule is [C].[N].[O].[S]. The van der Waals surface area contributed by atoms with Gasteiger partial charge in [0.25, 0.3) is 0 Å². The molecule has 0 unspecified atom stereocenters. The Hall–Kier alpha value is 0.270. The fourth-order valence-electron chi connectivity index (χ4n) is 0. The van der Waals surface area contributed by atoms with Gasteiger partial charge in [0.2, 0.25) is 0 Å². The summed E-state index contributed by atoms with van der Waals surface area (Å²) in [7, 11) is 0. The number of nitrogens with zero attached hydrogens (tertiary/aromatic N) is 1. The van der Waals surface area contributed by atoms with Crippen molar-refractivity contribution in [1.82, 2.24) is 6.15 Å². The lowest BCUT2D eigenvalue weighted by molar-refractivity contribution is 0.686. The molecule has 0 N–H and O–H groups in total. The van der Waals surface area contributed by atoms with E-state index in [1.165, 1.54) is 0 Å². The van der Waals surface area contributed by atoms with Gasteiger partial charge in [-0.05, 0) is 0 Å². The first-order valence-corrected chi connectivity index (χ1v) is 0. The van der Waals surface area contributed by atoms with Gasteiger partial charge in [0, 0.05) is 32.5 Å². The second kappa shape index (κ2) is 231. The van der Waals surface area contributed by atoms with Gasteiger partial charge in [0.15, 0.2) is 0 Å². The maximum Gasteiger partial charge on any atom is 0 e. The van der Waals surface area contributed by atoms with E-state index in [2.05, 4.69) is 0 Å². The van der Waals surface area contributed by atoms with E-state index in [4.69, 9.17) is 0 Å². The molecule has 0 aliphatic carbocycles. The molecule has 0 amide bonds. The lowest BCUT2D eigenvalue weighted by Crippen LogP contribution is -0.481. The second-order valence-electron chi connectivity index (χ2n) is 0. The standard InChI is InChI=1S/C.N.O.S. The van der Waals surface area contributed by atoms with Gasteiger partial charge in [-0.2, -0.15) is 0 Å². The molecule has 0 saturated carbocycles. The second-order valence-corrected chi connectivity index (χ2v) is 0. The predicted octanol–water partition coefficient (Wildman–Crippen LogP) is 0.130. The van der Waals surface area contributed by atoms with E-state index in [0.717, 1.165) is 0 Å². The van der Waals surface area contributed by atoms with Crippen molar-refractivity contribution in [3.8, 4) is 0 Å². The van der Waals surface area contributed by atoms with Crippen LogP contribution in [0.5, 0.6) is 0 Å². The summed E-state index contributed by atoms with van der Waals surface area (Å²) < 4.78 is 0. The van der Waals surface area contributed by atoms with Crippen LogP contribution in [-0.4, -0.2) is 0 Å². The summed E-state index contributed by atoms with van der Waals surface area (Å²) in [6, 6.07) is 0. The predicted molar refractivity (Wildman–Crippen MR) is 13.7 cm³/mol. The molecule has 0 aromatic rings. The molecular formula is CNOS. The van der Waals surface area contributed by atoms with E-state index in [9.17, 15) is 0 Å². The van der Waals surface area contributed by atoms with Crippen molar-refractivity contribution in [2.24, 2.45) is 0 Å². The summed E-state index contributed by atoms with van der Waals surface area (Å²) in [6.45, 7) is 0. The van der Waals surface area contributed by atoms with Gasteiger partial charge in [-0.25, -0.2) is 0 Å². The summed E-state index contributed by atoms with van der Waals surface area (Å²) in [5.74, 6) is 0. The zero-order valence-electron chi connectivity index (χ0n) is 1.76. The van der Waals surface area contributed by atoms with Crippen LogP contribution in [0.2, 0.25) is 0 Å². The van der Waals surface area contributed by atoms with Crippen molar-refractivity contribution in [3.63, 3.8) is 0 Å². The fourth-order valence-corrected chi connectivity index (χ4v) is 0. The molecule has 0 aliphatic rings. The smallest absolute Gasteiger partial charge is 0 e. The first-order chi connectivity index (χ1) is 0. The molecule has 3 heteroatoms. The highest BCUT2D eigenvalue weighted by Crippen LogP contribution is 0.648. The zero-order chi connectivity index (χ0) is 0. The minimum absolute atomic E-state index is 0. The minimum atomic E-state index is 0. The maximum absolute atomic E-state index is 0. The van der Waals surface area contributed by atoms with E-state index in [-0.39, 0.29) is 32.5 Å². The van der Waals surface area contributed by atoms with Gasteiger partial charge in [0.05, 0.1) is 0 Å². The van der Waals surface area contributed by atoms with Crippen LogP contribution in [0.3, 0.4) is 0 Å². The number of hydrogen-bond donors (Lipinski definition) is 0. The topological polar surface area (TPSA) is 59.0 Å². The lowest BCUT2D eigenvalue weighted by atomic mass is 12.0. The Morgan fingerprint density at radius 3 is 1.00 bits per heavy atom. The van der Waals surface area contributed by atoms with Crippen LogP contribution < -0.4 is 6.15 Å². The summed E-state index contributed by atoms with van der Waals surface area (Å²) >= 11 is 0. The summed E-state index contributed by atoms with van der Waals surface area (Å²) in [5.41, 5.74) is 0. The largest absolute Gasteiger partial charge is 0 e. The maximum atomic E-state index is 0. The molecule has 0 rings (SSSR count). The first kappa shape index (κ1) is 626. The molecule has 11 radical (unpaired) electrons. The van der Waals surface area contributed by atoms with Crippen LogP contribution in [-0.2, 0) is 5.48 Å². The highest BCUT2D eigenvalue weighted by Gasteiger charge is 0.00300. The fraction of sp³-hybridized carbons (Fsp3) is 0. The normalized spacial score (nSPS) is 0. The third kappa shape index (κ3) is 50.2. The highest BCUT2D eigenvalue weighted by molar-refractivity contribution is 7.59. The molecule has 0 heterocycles. The molecule has 2 nitrogen and oxygen atoms in total. The van der Waals surface area contributed by atoms with Crippen LogP contribution in [0.1, 0.15) is 0 Å². The Morgan fingerprint density at radius 1 is 1.00 bits per heavy atom. The Bertz CT molecular complexity index is 8.00. The lowest BCUT2D eigenvalue weighted by Gasteiger charge is -0.00100. The van der Waals surface area contributed by atoms with Crippen molar-refractivity contribution < 1.29 is 5.48 Å². The molecule has 0 saturated heterocycles. The number of hydrogen-bond acceptors (Lipinski definition) is 0. The third-order valence-electron chi connectivity index (χ3n) is 0. The van der Waals surface area contributed by atoms with Crippen molar-refractivity contribution >= 4 is 13.5 Å². The molecule has 0 aliphatic heterocycles. The third-order valence-corrected chi connectivity index (χ3v) is 0. The molecule has 4 heavy (non-hydrogen) atoms. The molecule has 0 aromatic heterocycles. The number of rotatable bonds is 0. The van der Waals surface area contributed by atoms with Gasteiger partial charge in [-0.3, -0.25) is 0 Å². The molecule has 0 fully saturated rings. The van der Waals surface area contributed by atoms with Crippen molar-refractivity contribution in [2.45, 2.75) is 0 Å². The highest BCUT2D eigenvalue weighted by atomic mass is 32.1. The molecule has 0 bridgehead atoms. The Kier molecular flexibility index (Phi) is 36200. The van der Waals surface area contributed by atoms with Gasteiger partial charge >= 0.3 is 0 Å². The van der Waals surface area contributed by atoms with Crippen LogP contribution in [0.15, 0.2) is 0 Å². The van der Waals surface area contributed by atoms with Gasteiger partial charge < -0.3 is 0 Å². The zero-order valence-corrected chi connectivity index (χ0v) is 2.58. The quantitative estimate of drug-likeness (QED) is 0.392. The minimum Gasteiger partial charge on any atom is 0 e. The molecule has 0 atom stereocenters. The first-order valence-electron chi connectivity index (χ1n) is 0. The van der Waals surface area contributed by atoms with Gasteiger partial charge in [-0.1, -0.05) is 0 Å². The molecule has 21 valence electrons. The van der Waals surface area contributed by atoms with Crippen LogP contribution >= 0.6 is 13.5 Å². The van der Waals surface area contributed by atoms with Crippen LogP contribution in [0.25, 0.3) is 0 Å². The van der Waals surface area contributed by atoms with Crippen molar-refractivity contribution in [1.29, 1.82) is 0 Å². The summed E-state index contributed by atoms with van der Waals surface area (Å²) in [5, 5.41) is 0. The monoisotopic (exact) mass is 74.0 g/mol. The van der Waals surface area contributed by atoms with E-state index in [0.29, 0.717) is 0 Å². The van der Waals surface area contributed by atoms with Gasteiger partial charge in [0.1, 0.15) is 0 Å². The summed E-state index contributed by atoms with van der Waals surface area (Å²) in [4.78, 5) is 0. The van der Waals surface area contributed by atoms with Crippen molar-refractivity contribution in [2.75, 3.05) is 0 Å². The van der Waals surface area contributed by atoms with E-state index >= 15 is 0 Å². The Labute approximate surface area is 33.5 Å². The molecule has 0 aromatic carbocycles. The van der Waals surface area contributed by atoms with Crippen LogP contribution in [0.4, 0.5) is 0 Å².